The molecule has 114 valence electrons. The molecule has 1 atom stereocenters. The molecular formula is C14H24N2O3S. The van der Waals surface area contributed by atoms with Crippen molar-refractivity contribution < 1.29 is 13.2 Å². The molecule has 1 aromatic rings. The first-order valence-electron chi connectivity index (χ1n) is 6.65. The zero-order valence-corrected chi connectivity index (χ0v) is 13.6. The molecule has 0 aromatic heterocycles. The van der Waals surface area contributed by atoms with Crippen LogP contribution >= 0.6 is 0 Å². The maximum Gasteiger partial charge on any atom is 0.281 e. The predicted octanol–water partition coefficient (Wildman–Crippen LogP) is 1.75. The first kappa shape index (κ1) is 16.9. The molecule has 20 heavy (non-hydrogen) atoms. The number of rotatable bonds is 7. The van der Waals surface area contributed by atoms with E-state index >= 15 is 0 Å². The van der Waals surface area contributed by atoms with E-state index in [1.165, 1.54) is 8.61 Å². The van der Waals surface area contributed by atoms with E-state index in [9.17, 15) is 8.42 Å². The third kappa shape index (κ3) is 3.94. The summed E-state index contributed by atoms with van der Waals surface area (Å²) in [6.07, 6.45) is 0.664. The van der Waals surface area contributed by atoms with Gasteiger partial charge in [0.1, 0.15) is 5.75 Å². The molecule has 1 aromatic carbocycles. The summed E-state index contributed by atoms with van der Waals surface area (Å²) in [6, 6.07) is 7.57. The van der Waals surface area contributed by atoms with E-state index in [-0.39, 0.29) is 6.04 Å². The highest BCUT2D eigenvalue weighted by molar-refractivity contribution is 7.86. The number of likely N-dealkylation sites (N-methyl/N-ethyl adjacent to an activating group) is 1. The van der Waals surface area contributed by atoms with E-state index in [1.807, 2.05) is 38.1 Å². The molecule has 0 unspecified atom stereocenters. The normalized spacial score (nSPS) is 13.8. The Hall–Kier alpha value is -1.11. The van der Waals surface area contributed by atoms with E-state index < -0.39 is 10.2 Å². The van der Waals surface area contributed by atoms with Crippen LogP contribution in [-0.4, -0.2) is 50.8 Å². The van der Waals surface area contributed by atoms with Crippen LogP contribution in [0.4, 0.5) is 0 Å². The van der Waals surface area contributed by atoms with Crippen molar-refractivity contribution in [2.45, 2.75) is 26.3 Å². The highest BCUT2D eigenvalue weighted by Gasteiger charge is 2.26. The third-order valence-corrected chi connectivity index (χ3v) is 5.65. The van der Waals surface area contributed by atoms with E-state index in [0.29, 0.717) is 13.0 Å². The fraction of sp³-hybridized carbons (Fsp3) is 0.571. The fourth-order valence-electron chi connectivity index (χ4n) is 1.84. The molecule has 0 aliphatic heterocycles. The van der Waals surface area contributed by atoms with E-state index in [2.05, 4.69) is 0 Å². The van der Waals surface area contributed by atoms with Crippen LogP contribution in [0.5, 0.6) is 5.75 Å². The first-order valence-corrected chi connectivity index (χ1v) is 8.04. The standard InChI is InChI=1S/C14H24N2O3S/c1-6-15(3)20(17,18)16(4)12(2)11-13-7-9-14(19-5)10-8-13/h7-10,12H,6,11H2,1-5H3/t12-/m1/s1. The van der Waals surface area contributed by atoms with Gasteiger partial charge in [-0.05, 0) is 31.0 Å². The summed E-state index contributed by atoms with van der Waals surface area (Å²) < 4.78 is 32.3. The highest BCUT2D eigenvalue weighted by Crippen LogP contribution is 2.16. The minimum atomic E-state index is -3.38. The van der Waals surface area contributed by atoms with Gasteiger partial charge in [0, 0.05) is 26.7 Å². The van der Waals surface area contributed by atoms with Crippen LogP contribution in [0.15, 0.2) is 24.3 Å². The summed E-state index contributed by atoms with van der Waals surface area (Å²) in [5.74, 6) is 0.799. The maximum atomic E-state index is 12.2. The van der Waals surface area contributed by atoms with Gasteiger partial charge >= 0.3 is 0 Å². The molecule has 0 fully saturated rings. The van der Waals surface area contributed by atoms with E-state index in [4.69, 9.17) is 4.74 Å². The van der Waals surface area contributed by atoms with Crippen LogP contribution < -0.4 is 4.74 Å². The summed E-state index contributed by atoms with van der Waals surface area (Å²) in [6.45, 7) is 4.19. The fourth-order valence-corrected chi connectivity index (χ4v) is 3.14. The van der Waals surface area contributed by atoms with Crippen molar-refractivity contribution in [3.63, 3.8) is 0 Å². The lowest BCUT2D eigenvalue weighted by Gasteiger charge is -2.28. The second-order valence-corrected chi connectivity index (χ2v) is 6.93. The Balaban J connectivity index is 2.77. The van der Waals surface area contributed by atoms with E-state index in [0.717, 1.165) is 11.3 Å². The molecule has 0 amide bonds. The Bertz CT molecular complexity index is 514. The molecule has 0 saturated heterocycles. The van der Waals surface area contributed by atoms with Crippen molar-refractivity contribution in [3.8, 4) is 5.75 Å². The third-order valence-electron chi connectivity index (χ3n) is 3.51. The minimum absolute atomic E-state index is 0.109. The average Bonchev–Trinajstić information content (AvgIpc) is 2.46. The van der Waals surface area contributed by atoms with Crippen molar-refractivity contribution in [2.24, 2.45) is 0 Å². The molecular weight excluding hydrogens is 276 g/mol. The zero-order chi connectivity index (χ0) is 15.3. The molecule has 0 saturated carbocycles. The molecule has 6 heteroatoms. The maximum absolute atomic E-state index is 12.2. The van der Waals surface area contributed by atoms with Crippen LogP contribution in [0, 0.1) is 0 Å². The van der Waals surface area contributed by atoms with Gasteiger partial charge in [-0.3, -0.25) is 0 Å². The first-order chi connectivity index (χ1) is 9.32. The quantitative estimate of drug-likeness (QED) is 0.771. The van der Waals surface area contributed by atoms with Gasteiger partial charge in [0.2, 0.25) is 0 Å². The van der Waals surface area contributed by atoms with Crippen LogP contribution in [-0.2, 0) is 16.6 Å². The lowest BCUT2D eigenvalue weighted by Crippen LogP contribution is -2.44. The lowest BCUT2D eigenvalue weighted by atomic mass is 10.1. The van der Waals surface area contributed by atoms with Crippen molar-refractivity contribution in [3.05, 3.63) is 29.8 Å². The zero-order valence-electron chi connectivity index (χ0n) is 12.8. The van der Waals surface area contributed by atoms with Crippen LogP contribution in [0.25, 0.3) is 0 Å². The minimum Gasteiger partial charge on any atom is -0.497 e. The Labute approximate surface area is 122 Å². The number of ether oxygens (including phenoxy) is 1. The molecule has 0 aliphatic carbocycles. The summed E-state index contributed by atoms with van der Waals surface area (Å²) in [5.41, 5.74) is 1.08. The summed E-state index contributed by atoms with van der Waals surface area (Å²) in [5, 5.41) is 0. The Kier molecular flexibility index (Phi) is 5.98. The SMILES string of the molecule is CCN(C)S(=O)(=O)N(C)[C@H](C)Cc1ccc(OC)cc1. The van der Waals surface area contributed by atoms with E-state index in [1.54, 1.807) is 21.2 Å². The van der Waals surface area contributed by atoms with Crippen molar-refractivity contribution >= 4 is 10.2 Å². The van der Waals surface area contributed by atoms with Gasteiger partial charge in [0.15, 0.2) is 0 Å². The van der Waals surface area contributed by atoms with Gasteiger partial charge in [-0.25, -0.2) is 0 Å². The molecule has 0 spiro atoms. The summed E-state index contributed by atoms with van der Waals surface area (Å²) >= 11 is 0. The average molecular weight is 300 g/mol. The van der Waals surface area contributed by atoms with Crippen LogP contribution in [0.2, 0.25) is 0 Å². The number of hydrogen-bond donors (Lipinski definition) is 0. The number of methoxy groups -OCH3 is 1. The van der Waals surface area contributed by atoms with Gasteiger partial charge in [0.25, 0.3) is 10.2 Å². The Morgan fingerprint density at radius 1 is 1.20 bits per heavy atom. The van der Waals surface area contributed by atoms with Gasteiger partial charge < -0.3 is 4.74 Å². The number of benzene rings is 1. The summed E-state index contributed by atoms with van der Waals surface area (Å²) in [4.78, 5) is 0. The molecule has 0 N–H and O–H groups in total. The largest absolute Gasteiger partial charge is 0.497 e. The molecule has 0 heterocycles. The lowest BCUT2D eigenvalue weighted by molar-refractivity contribution is 0.347. The van der Waals surface area contributed by atoms with Gasteiger partial charge in [-0.1, -0.05) is 19.1 Å². The van der Waals surface area contributed by atoms with Crippen molar-refractivity contribution in [1.82, 2.24) is 8.61 Å². The molecule has 0 radical (unpaired) electrons. The van der Waals surface area contributed by atoms with Crippen molar-refractivity contribution in [2.75, 3.05) is 27.7 Å². The Morgan fingerprint density at radius 3 is 2.20 bits per heavy atom. The Morgan fingerprint density at radius 2 is 1.75 bits per heavy atom. The van der Waals surface area contributed by atoms with Gasteiger partial charge in [-0.2, -0.15) is 17.0 Å². The smallest absolute Gasteiger partial charge is 0.281 e. The second kappa shape index (κ2) is 7.06. The van der Waals surface area contributed by atoms with Gasteiger partial charge in [-0.15, -0.1) is 0 Å². The highest BCUT2D eigenvalue weighted by atomic mass is 32.2. The number of hydrogen-bond acceptors (Lipinski definition) is 3. The van der Waals surface area contributed by atoms with Crippen LogP contribution in [0.1, 0.15) is 19.4 Å². The number of nitrogens with zero attached hydrogens (tertiary/aromatic N) is 2. The molecule has 1 rings (SSSR count). The molecule has 0 aliphatic rings. The summed E-state index contributed by atoms with van der Waals surface area (Å²) in [7, 11) is 1.45. The topological polar surface area (TPSA) is 49.9 Å². The second-order valence-electron chi connectivity index (χ2n) is 4.84. The monoisotopic (exact) mass is 300 g/mol. The van der Waals surface area contributed by atoms with Crippen molar-refractivity contribution in [1.29, 1.82) is 0 Å². The molecule has 0 bridgehead atoms. The van der Waals surface area contributed by atoms with Crippen LogP contribution in [0.3, 0.4) is 0 Å². The molecule has 5 nitrogen and oxygen atoms in total. The van der Waals surface area contributed by atoms with Gasteiger partial charge in [0.05, 0.1) is 7.11 Å². The predicted molar refractivity (Wildman–Crippen MR) is 81.1 cm³/mol.